The molecule has 0 aromatic heterocycles. The largest absolute Gasteiger partial charge is 0.396 e. The molecule has 2 aromatic carbocycles. The molecule has 1 unspecified atom stereocenters. The van der Waals surface area contributed by atoms with Crippen LogP contribution in [0.1, 0.15) is 40.2 Å². The number of nitrogens with one attached hydrogen (secondary N) is 1. The minimum Gasteiger partial charge on any atom is -0.396 e. The lowest BCUT2D eigenvalue weighted by molar-refractivity contribution is 0.0952. The number of aliphatic hydroxyl groups is 1. The third kappa shape index (κ3) is 4.71. The number of hydrogen-bond acceptors (Lipinski definition) is 2. The van der Waals surface area contributed by atoms with Gasteiger partial charge in [0.2, 0.25) is 0 Å². The highest BCUT2D eigenvalue weighted by atomic mass is 16.3. The first-order valence-electron chi connectivity index (χ1n) is 7.71. The molecule has 0 fully saturated rings. The molecule has 1 atom stereocenters. The molecule has 0 bridgehead atoms. The monoisotopic (exact) mass is 297 g/mol. The van der Waals surface area contributed by atoms with Gasteiger partial charge in [0.05, 0.1) is 0 Å². The van der Waals surface area contributed by atoms with Crippen LogP contribution in [0.15, 0.2) is 54.6 Å². The van der Waals surface area contributed by atoms with Gasteiger partial charge in [-0.1, -0.05) is 48.0 Å². The fraction of sp³-hybridized carbons (Fsp3) is 0.316. The number of hydrogen-bond donors (Lipinski definition) is 2. The van der Waals surface area contributed by atoms with E-state index in [0.717, 1.165) is 12.0 Å². The minimum atomic E-state index is -0.0455. The van der Waals surface area contributed by atoms with Crippen molar-refractivity contribution >= 4 is 5.91 Å². The zero-order valence-electron chi connectivity index (χ0n) is 13.0. The van der Waals surface area contributed by atoms with Gasteiger partial charge < -0.3 is 10.4 Å². The van der Waals surface area contributed by atoms with Crippen molar-refractivity contribution in [2.45, 2.75) is 25.7 Å². The number of carbonyl (C=O) groups excluding carboxylic acids is 1. The first-order valence-corrected chi connectivity index (χ1v) is 7.71. The molecule has 2 aromatic rings. The van der Waals surface area contributed by atoms with Gasteiger partial charge in [0.1, 0.15) is 0 Å². The molecule has 22 heavy (non-hydrogen) atoms. The van der Waals surface area contributed by atoms with Crippen molar-refractivity contribution < 1.29 is 9.90 Å². The molecular formula is C19H23NO2. The van der Waals surface area contributed by atoms with E-state index in [0.29, 0.717) is 18.5 Å². The molecule has 0 spiro atoms. The Morgan fingerprint density at radius 3 is 2.36 bits per heavy atom. The summed E-state index contributed by atoms with van der Waals surface area (Å²) in [5, 5.41) is 12.2. The summed E-state index contributed by atoms with van der Waals surface area (Å²) >= 11 is 0. The van der Waals surface area contributed by atoms with Crippen molar-refractivity contribution in [2.24, 2.45) is 0 Å². The maximum Gasteiger partial charge on any atom is 0.251 e. The van der Waals surface area contributed by atoms with Gasteiger partial charge in [0.25, 0.3) is 5.91 Å². The van der Waals surface area contributed by atoms with Crippen LogP contribution in [0.3, 0.4) is 0 Å². The molecule has 1 amide bonds. The van der Waals surface area contributed by atoms with E-state index in [2.05, 4.69) is 17.4 Å². The first kappa shape index (κ1) is 16.2. The molecule has 0 aliphatic carbocycles. The van der Waals surface area contributed by atoms with Crippen LogP contribution in [-0.4, -0.2) is 24.2 Å². The van der Waals surface area contributed by atoms with E-state index in [9.17, 15) is 9.90 Å². The molecule has 2 rings (SSSR count). The minimum absolute atomic E-state index is 0.0455. The smallest absolute Gasteiger partial charge is 0.251 e. The quantitative estimate of drug-likeness (QED) is 0.824. The summed E-state index contributed by atoms with van der Waals surface area (Å²) in [6, 6.07) is 17.7. The van der Waals surface area contributed by atoms with Gasteiger partial charge in [0, 0.05) is 18.7 Å². The molecule has 0 heterocycles. The number of benzene rings is 2. The van der Waals surface area contributed by atoms with Crippen molar-refractivity contribution in [3.63, 3.8) is 0 Å². The van der Waals surface area contributed by atoms with Gasteiger partial charge in [-0.05, 0) is 43.4 Å². The van der Waals surface area contributed by atoms with Crippen LogP contribution in [0.5, 0.6) is 0 Å². The molecule has 3 nitrogen and oxygen atoms in total. The summed E-state index contributed by atoms with van der Waals surface area (Å²) in [5.74, 6) is 0.223. The van der Waals surface area contributed by atoms with Gasteiger partial charge in [-0.15, -0.1) is 0 Å². The van der Waals surface area contributed by atoms with Crippen molar-refractivity contribution in [3.8, 4) is 0 Å². The number of carbonyl (C=O) groups is 1. The summed E-state index contributed by atoms with van der Waals surface area (Å²) < 4.78 is 0. The van der Waals surface area contributed by atoms with E-state index in [1.54, 1.807) is 0 Å². The van der Waals surface area contributed by atoms with Gasteiger partial charge >= 0.3 is 0 Å². The lowest BCUT2D eigenvalue weighted by Gasteiger charge is -2.16. The van der Waals surface area contributed by atoms with Crippen LogP contribution in [0.4, 0.5) is 0 Å². The predicted octanol–water partition coefficient (Wildman–Crippen LogP) is 3.28. The van der Waals surface area contributed by atoms with E-state index in [1.807, 2.05) is 49.4 Å². The number of aliphatic hydroxyl groups excluding tert-OH is 1. The summed E-state index contributed by atoms with van der Waals surface area (Å²) in [7, 11) is 0. The Labute approximate surface area is 132 Å². The summed E-state index contributed by atoms with van der Waals surface area (Å²) in [6.07, 6.45) is 1.53. The second kappa shape index (κ2) is 8.35. The van der Waals surface area contributed by atoms with E-state index < -0.39 is 0 Å². The van der Waals surface area contributed by atoms with Crippen molar-refractivity contribution in [1.29, 1.82) is 0 Å². The molecule has 0 radical (unpaired) electrons. The third-order valence-corrected chi connectivity index (χ3v) is 3.84. The molecule has 0 aliphatic heterocycles. The van der Waals surface area contributed by atoms with Crippen LogP contribution in [0.2, 0.25) is 0 Å². The van der Waals surface area contributed by atoms with Crippen LogP contribution in [0, 0.1) is 6.92 Å². The van der Waals surface area contributed by atoms with Gasteiger partial charge in [-0.25, -0.2) is 0 Å². The Bertz CT molecular complexity index is 578. The normalized spacial score (nSPS) is 11.9. The van der Waals surface area contributed by atoms with Crippen molar-refractivity contribution in [3.05, 3.63) is 71.3 Å². The maximum atomic E-state index is 12.1. The standard InChI is InChI=1S/C19H23NO2/c1-15-7-9-18(10-8-15)19(22)20-13-11-17(12-14-21)16-5-3-2-4-6-16/h2-10,17,21H,11-14H2,1H3,(H,20,22). The summed E-state index contributed by atoms with van der Waals surface area (Å²) in [5.41, 5.74) is 3.04. The highest BCUT2D eigenvalue weighted by Crippen LogP contribution is 2.22. The van der Waals surface area contributed by atoms with Gasteiger partial charge in [-0.3, -0.25) is 4.79 Å². The second-order valence-electron chi connectivity index (χ2n) is 5.53. The Morgan fingerprint density at radius 2 is 1.73 bits per heavy atom. The lowest BCUT2D eigenvalue weighted by atomic mass is 9.93. The Morgan fingerprint density at radius 1 is 1.05 bits per heavy atom. The van der Waals surface area contributed by atoms with Crippen LogP contribution in [-0.2, 0) is 0 Å². The number of amides is 1. The van der Waals surface area contributed by atoms with Crippen LogP contribution >= 0.6 is 0 Å². The van der Waals surface area contributed by atoms with E-state index >= 15 is 0 Å². The van der Waals surface area contributed by atoms with Gasteiger partial charge in [0.15, 0.2) is 0 Å². The summed E-state index contributed by atoms with van der Waals surface area (Å²) in [4.78, 5) is 12.1. The Hall–Kier alpha value is -2.13. The Balaban J connectivity index is 1.87. The van der Waals surface area contributed by atoms with E-state index in [4.69, 9.17) is 0 Å². The highest BCUT2D eigenvalue weighted by molar-refractivity contribution is 5.94. The SMILES string of the molecule is Cc1ccc(C(=O)NCCC(CCO)c2ccccc2)cc1. The lowest BCUT2D eigenvalue weighted by Crippen LogP contribution is -2.25. The first-order chi connectivity index (χ1) is 10.7. The van der Waals surface area contributed by atoms with Crippen LogP contribution in [0.25, 0.3) is 0 Å². The molecule has 2 N–H and O–H groups in total. The fourth-order valence-electron chi connectivity index (χ4n) is 2.53. The molecule has 0 saturated heterocycles. The average Bonchev–Trinajstić information content (AvgIpc) is 2.55. The van der Waals surface area contributed by atoms with E-state index in [-0.39, 0.29) is 18.4 Å². The maximum absolute atomic E-state index is 12.1. The molecule has 0 saturated carbocycles. The number of rotatable bonds is 7. The predicted molar refractivity (Wildman–Crippen MR) is 89.0 cm³/mol. The zero-order valence-corrected chi connectivity index (χ0v) is 13.0. The highest BCUT2D eigenvalue weighted by Gasteiger charge is 2.11. The zero-order chi connectivity index (χ0) is 15.8. The Kier molecular flexibility index (Phi) is 6.16. The molecule has 0 aliphatic rings. The average molecular weight is 297 g/mol. The second-order valence-corrected chi connectivity index (χ2v) is 5.53. The molecule has 116 valence electrons. The molecule has 3 heteroatoms. The third-order valence-electron chi connectivity index (χ3n) is 3.84. The molecular weight excluding hydrogens is 274 g/mol. The topological polar surface area (TPSA) is 49.3 Å². The van der Waals surface area contributed by atoms with Crippen LogP contribution < -0.4 is 5.32 Å². The van der Waals surface area contributed by atoms with E-state index in [1.165, 1.54) is 5.56 Å². The summed E-state index contributed by atoms with van der Waals surface area (Å²) in [6.45, 7) is 2.76. The fourth-order valence-corrected chi connectivity index (χ4v) is 2.53. The number of aryl methyl sites for hydroxylation is 1. The van der Waals surface area contributed by atoms with Gasteiger partial charge in [-0.2, -0.15) is 0 Å². The van der Waals surface area contributed by atoms with Crippen molar-refractivity contribution in [1.82, 2.24) is 5.32 Å². The van der Waals surface area contributed by atoms with Crippen molar-refractivity contribution in [2.75, 3.05) is 13.2 Å².